The number of nitrogens with one attached hydrogen (secondary N) is 1. The van der Waals surface area contributed by atoms with Crippen LogP contribution in [-0.2, 0) is 14.3 Å². The van der Waals surface area contributed by atoms with Crippen LogP contribution in [0.4, 0.5) is 0 Å². The quantitative estimate of drug-likeness (QED) is 0.0321. The SMILES string of the molecule is CCCCC/C=C\C/C=C\CCCCCCCCCC(=O)OCCCCCCCCCCCCCCCCCCCCCCCCC(=O)NC(CO)C(O)CCCCCCCCCCCCC. The monoisotopic (exact) mass is 944 g/mol. The normalized spacial score (nSPS) is 12.7. The molecular weight excluding hydrogens is 827 g/mol. The van der Waals surface area contributed by atoms with Crippen LogP contribution < -0.4 is 5.32 Å². The zero-order chi connectivity index (χ0) is 48.6. The van der Waals surface area contributed by atoms with Crippen molar-refractivity contribution >= 4 is 11.9 Å². The molecule has 0 radical (unpaired) electrons. The standard InChI is InChI=1S/C61H117NO5/c1-3-5-7-9-11-13-15-16-17-24-28-31-35-39-43-47-51-55-61(66)67-56-52-48-44-40-36-32-29-26-23-21-19-18-20-22-25-27-30-34-38-42-46-50-54-60(65)62-58(57-63)59(64)53-49-45-41-37-33-14-12-10-8-6-4-2/h11,13,16-17,58-59,63-64H,3-10,12,14-15,18-57H2,1-2H3,(H,62,65)/b13-11-,17-16-. The number of hydrogen-bond donors (Lipinski definition) is 3. The number of allylic oxidation sites excluding steroid dienone is 4. The average molecular weight is 945 g/mol. The summed E-state index contributed by atoms with van der Waals surface area (Å²) < 4.78 is 5.49. The molecule has 0 heterocycles. The molecule has 6 heteroatoms. The lowest BCUT2D eigenvalue weighted by Crippen LogP contribution is -2.45. The Morgan fingerprint density at radius 1 is 0.418 bits per heavy atom. The molecule has 67 heavy (non-hydrogen) atoms. The van der Waals surface area contributed by atoms with Gasteiger partial charge in [-0.1, -0.05) is 282 Å². The number of aliphatic hydroxyl groups excluding tert-OH is 2. The Morgan fingerprint density at radius 2 is 0.746 bits per heavy atom. The van der Waals surface area contributed by atoms with Gasteiger partial charge in [-0.3, -0.25) is 9.59 Å². The van der Waals surface area contributed by atoms with Gasteiger partial charge >= 0.3 is 5.97 Å². The van der Waals surface area contributed by atoms with E-state index in [0.29, 0.717) is 25.9 Å². The maximum Gasteiger partial charge on any atom is 0.305 e. The highest BCUT2D eigenvalue weighted by atomic mass is 16.5. The van der Waals surface area contributed by atoms with Crippen molar-refractivity contribution in [2.45, 2.75) is 341 Å². The van der Waals surface area contributed by atoms with Crippen LogP contribution in [0.1, 0.15) is 328 Å². The van der Waals surface area contributed by atoms with Crippen LogP contribution in [0.2, 0.25) is 0 Å². The molecule has 3 N–H and O–H groups in total. The molecule has 6 nitrogen and oxygen atoms in total. The zero-order valence-electron chi connectivity index (χ0n) is 45.1. The summed E-state index contributed by atoms with van der Waals surface area (Å²) in [5.41, 5.74) is 0. The van der Waals surface area contributed by atoms with Gasteiger partial charge in [-0.2, -0.15) is 0 Å². The van der Waals surface area contributed by atoms with Gasteiger partial charge < -0.3 is 20.3 Å². The third kappa shape index (κ3) is 53.5. The number of carbonyl (C=O) groups is 2. The van der Waals surface area contributed by atoms with Gasteiger partial charge in [-0.25, -0.2) is 0 Å². The van der Waals surface area contributed by atoms with Crippen molar-refractivity contribution in [3.63, 3.8) is 0 Å². The van der Waals surface area contributed by atoms with Gasteiger partial charge in [-0.15, -0.1) is 0 Å². The summed E-state index contributed by atoms with van der Waals surface area (Å²) in [7, 11) is 0. The second kappa shape index (κ2) is 56.9. The highest BCUT2D eigenvalue weighted by Gasteiger charge is 2.20. The highest BCUT2D eigenvalue weighted by Crippen LogP contribution is 2.18. The summed E-state index contributed by atoms with van der Waals surface area (Å²) in [5.74, 6) is -0.0297. The van der Waals surface area contributed by atoms with Gasteiger partial charge in [0.15, 0.2) is 0 Å². The van der Waals surface area contributed by atoms with Crippen molar-refractivity contribution in [2.24, 2.45) is 0 Å². The van der Waals surface area contributed by atoms with E-state index in [1.165, 1.54) is 244 Å². The molecule has 0 saturated heterocycles. The van der Waals surface area contributed by atoms with Crippen LogP contribution >= 0.6 is 0 Å². The first-order valence-electron chi connectivity index (χ1n) is 30.1. The number of rotatable bonds is 56. The third-order valence-corrected chi connectivity index (χ3v) is 14.0. The van der Waals surface area contributed by atoms with E-state index in [0.717, 1.165) is 51.4 Å². The van der Waals surface area contributed by atoms with Crippen LogP contribution in [0.15, 0.2) is 24.3 Å². The van der Waals surface area contributed by atoms with E-state index in [-0.39, 0.29) is 18.5 Å². The van der Waals surface area contributed by atoms with Crippen molar-refractivity contribution in [1.29, 1.82) is 0 Å². The van der Waals surface area contributed by atoms with Crippen LogP contribution in [0.25, 0.3) is 0 Å². The molecule has 1 amide bonds. The lowest BCUT2D eigenvalue weighted by Gasteiger charge is -2.22. The van der Waals surface area contributed by atoms with Gasteiger partial charge in [-0.05, 0) is 57.8 Å². The molecule has 0 saturated carbocycles. The maximum absolute atomic E-state index is 12.4. The third-order valence-electron chi connectivity index (χ3n) is 14.0. The number of carbonyl (C=O) groups excluding carboxylic acids is 2. The lowest BCUT2D eigenvalue weighted by molar-refractivity contribution is -0.143. The minimum atomic E-state index is -0.663. The van der Waals surface area contributed by atoms with E-state index in [2.05, 4.69) is 43.5 Å². The van der Waals surface area contributed by atoms with Crippen LogP contribution in [0, 0.1) is 0 Å². The summed E-state index contributed by atoms with van der Waals surface area (Å²) >= 11 is 0. The molecule has 0 fully saturated rings. The summed E-state index contributed by atoms with van der Waals surface area (Å²) in [6, 6.07) is -0.540. The first-order chi connectivity index (χ1) is 33.0. The fraction of sp³-hybridized carbons (Fsp3) is 0.902. The first-order valence-corrected chi connectivity index (χ1v) is 30.1. The number of ether oxygens (including phenoxy) is 1. The second-order valence-electron chi connectivity index (χ2n) is 20.7. The van der Waals surface area contributed by atoms with Crippen LogP contribution in [0.3, 0.4) is 0 Å². The molecule has 0 aliphatic carbocycles. The lowest BCUT2D eigenvalue weighted by atomic mass is 10.0. The fourth-order valence-corrected chi connectivity index (χ4v) is 9.38. The topological polar surface area (TPSA) is 95.9 Å². The molecule has 2 unspecified atom stereocenters. The Morgan fingerprint density at radius 3 is 1.16 bits per heavy atom. The summed E-state index contributed by atoms with van der Waals surface area (Å²) in [4.78, 5) is 24.5. The minimum absolute atomic E-state index is 0.00570. The van der Waals surface area contributed by atoms with Gasteiger partial charge in [0.2, 0.25) is 5.91 Å². The van der Waals surface area contributed by atoms with E-state index in [4.69, 9.17) is 4.74 Å². The molecule has 0 bridgehead atoms. The van der Waals surface area contributed by atoms with Crippen LogP contribution in [-0.4, -0.2) is 47.4 Å². The number of aliphatic hydroxyl groups is 2. The molecule has 396 valence electrons. The molecule has 2 atom stereocenters. The summed E-state index contributed by atoms with van der Waals surface area (Å²) in [6.45, 7) is 4.93. The van der Waals surface area contributed by atoms with Gasteiger partial charge in [0.1, 0.15) is 0 Å². The number of esters is 1. The average Bonchev–Trinajstić information content (AvgIpc) is 3.33. The molecule has 0 aromatic rings. The van der Waals surface area contributed by atoms with Crippen molar-refractivity contribution in [2.75, 3.05) is 13.2 Å². The van der Waals surface area contributed by atoms with Crippen molar-refractivity contribution in [3.05, 3.63) is 24.3 Å². The highest BCUT2D eigenvalue weighted by molar-refractivity contribution is 5.76. The zero-order valence-corrected chi connectivity index (χ0v) is 45.1. The number of unbranched alkanes of at least 4 members (excludes halogenated alkanes) is 41. The molecule has 0 aliphatic heterocycles. The Hall–Kier alpha value is -1.66. The van der Waals surface area contributed by atoms with E-state index in [9.17, 15) is 19.8 Å². The largest absolute Gasteiger partial charge is 0.466 e. The number of hydrogen-bond acceptors (Lipinski definition) is 5. The van der Waals surface area contributed by atoms with Crippen LogP contribution in [0.5, 0.6) is 0 Å². The minimum Gasteiger partial charge on any atom is -0.466 e. The molecule has 0 spiro atoms. The van der Waals surface area contributed by atoms with Crippen molar-refractivity contribution < 1.29 is 24.5 Å². The fourth-order valence-electron chi connectivity index (χ4n) is 9.38. The summed E-state index contributed by atoms with van der Waals surface area (Å²) in [6.07, 6.45) is 69.0. The predicted octanol–water partition coefficient (Wildman–Crippen LogP) is 18.6. The smallest absolute Gasteiger partial charge is 0.305 e. The van der Waals surface area contributed by atoms with E-state index < -0.39 is 12.1 Å². The van der Waals surface area contributed by atoms with Gasteiger partial charge in [0.25, 0.3) is 0 Å². The Labute approximate surface area is 418 Å². The molecule has 0 rings (SSSR count). The Kier molecular flexibility index (Phi) is 55.5. The Bertz CT molecular complexity index is 1040. The van der Waals surface area contributed by atoms with Gasteiger partial charge in [0.05, 0.1) is 25.4 Å². The van der Waals surface area contributed by atoms with E-state index >= 15 is 0 Å². The molecule has 0 aromatic heterocycles. The Balaban J connectivity index is 3.35. The summed E-state index contributed by atoms with van der Waals surface area (Å²) in [5, 5.41) is 23.2. The molecule has 0 aliphatic rings. The predicted molar refractivity (Wildman–Crippen MR) is 292 cm³/mol. The van der Waals surface area contributed by atoms with E-state index in [1.54, 1.807) is 0 Å². The second-order valence-corrected chi connectivity index (χ2v) is 20.7. The first kappa shape index (κ1) is 65.3. The number of amides is 1. The van der Waals surface area contributed by atoms with Crippen molar-refractivity contribution in [1.82, 2.24) is 5.32 Å². The van der Waals surface area contributed by atoms with Crippen molar-refractivity contribution in [3.8, 4) is 0 Å². The maximum atomic E-state index is 12.4. The molecule has 0 aromatic carbocycles. The molecular formula is C61H117NO5. The van der Waals surface area contributed by atoms with E-state index in [1.807, 2.05) is 0 Å². The van der Waals surface area contributed by atoms with Gasteiger partial charge in [0, 0.05) is 12.8 Å².